The first-order valence-electron chi connectivity index (χ1n) is 10.2. The maximum atomic E-state index is 13.3. The summed E-state index contributed by atoms with van der Waals surface area (Å²) in [5.74, 6) is 0.339. The third-order valence-corrected chi connectivity index (χ3v) is 5.86. The fourth-order valence-corrected chi connectivity index (χ4v) is 4.26. The lowest BCUT2D eigenvalue weighted by Gasteiger charge is -2.32. The van der Waals surface area contributed by atoms with E-state index in [1.807, 2.05) is 4.68 Å². The highest BCUT2D eigenvalue weighted by Crippen LogP contribution is 2.28. The number of benzene rings is 1. The van der Waals surface area contributed by atoms with Crippen LogP contribution in [0.3, 0.4) is 0 Å². The van der Waals surface area contributed by atoms with Gasteiger partial charge in [0.1, 0.15) is 5.82 Å². The number of carbonyl (C=O) groups is 1. The Morgan fingerprint density at radius 2 is 1.93 bits per heavy atom. The molecule has 1 aliphatic heterocycles. The van der Waals surface area contributed by atoms with Crippen molar-refractivity contribution in [1.29, 1.82) is 0 Å². The van der Waals surface area contributed by atoms with E-state index in [-0.39, 0.29) is 11.9 Å². The maximum absolute atomic E-state index is 13.3. The van der Waals surface area contributed by atoms with Crippen LogP contribution in [0.5, 0.6) is 0 Å². The zero-order valence-electron chi connectivity index (χ0n) is 16.1. The second kappa shape index (κ2) is 8.77. The molecule has 8 heteroatoms. The standard InChI is InChI=1S/C20H27FN6O/c21-16-6-4-5-15(13-16)20(28)22-17-9-11-26(12-10-17)14-19-23-24-25-27(19)18-7-2-1-3-8-18/h4-6,13,17-18H,1-3,7-12,14H2,(H,22,28). The summed E-state index contributed by atoms with van der Waals surface area (Å²) in [7, 11) is 0. The molecule has 1 saturated carbocycles. The van der Waals surface area contributed by atoms with Crippen LogP contribution in [-0.4, -0.2) is 50.1 Å². The van der Waals surface area contributed by atoms with Crippen LogP contribution in [0.4, 0.5) is 4.39 Å². The first kappa shape index (κ1) is 19.0. The Bertz CT molecular complexity index is 795. The van der Waals surface area contributed by atoms with Crippen molar-refractivity contribution in [3.05, 3.63) is 41.5 Å². The van der Waals surface area contributed by atoms with E-state index >= 15 is 0 Å². The van der Waals surface area contributed by atoms with Gasteiger partial charge >= 0.3 is 0 Å². The van der Waals surface area contributed by atoms with Crippen LogP contribution in [0.25, 0.3) is 0 Å². The second-order valence-electron chi connectivity index (χ2n) is 7.87. The molecule has 0 atom stereocenters. The zero-order chi connectivity index (χ0) is 19.3. The van der Waals surface area contributed by atoms with Crippen LogP contribution in [0.2, 0.25) is 0 Å². The molecular weight excluding hydrogens is 359 g/mol. The molecule has 1 aromatic carbocycles. The van der Waals surface area contributed by atoms with Crippen LogP contribution in [0, 0.1) is 5.82 Å². The molecule has 28 heavy (non-hydrogen) atoms. The summed E-state index contributed by atoms with van der Waals surface area (Å²) >= 11 is 0. The smallest absolute Gasteiger partial charge is 0.251 e. The Morgan fingerprint density at radius 1 is 1.14 bits per heavy atom. The van der Waals surface area contributed by atoms with Crippen LogP contribution < -0.4 is 5.32 Å². The fraction of sp³-hybridized carbons (Fsp3) is 0.600. The van der Waals surface area contributed by atoms with E-state index in [9.17, 15) is 9.18 Å². The first-order valence-corrected chi connectivity index (χ1v) is 10.2. The Kier molecular flexibility index (Phi) is 5.95. The second-order valence-corrected chi connectivity index (χ2v) is 7.87. The lowest BCUT2D eigenvalue weighted by atomic mass is 9.95. The summed E-state index contributed by atoms with van der Waals surface area (Å²) in [5, 5.41) is 15.4. The molecule has 2 aromatic rings. The van der Waals surface area contributed by atoms with Gasteiger partial charge in [-0.3, -0.25) is 9.69 Å². The van der Waals surface area contributed by atoms with Crippen LogP contribution in [0.1, 0.15) is 67.2 Å². The molecule has 1 amide bonds. The van der Waals surface area contributed by atoms with Crippen molar-refractivity contribution in [3.8, 4) is 0 Å². The van der Waals surface area contributed by atoms with Crippen molar-refractivity contribution in [2.24, 2.45) is 0 Å². The van der Waals surface area contributed by atoms with Crippen molar-refractivity contribution >= 4 is 5.91 Å². The summed E-state index contributed by atoms with van der Waals surface area (Å²) in [6.07, 6.45) is 7.86. The molecule has 1 N–H and O–H groups in total. The fourth-order valence-electron chi connectivity index (χ4n) is 4.26. The number of tetrazole rings is 1. The van der Waals surface area contributed by atoms with Gasteiger partial charge in [0.25, 0.3) is 5.91 Å². The minimum atomic E-state index is -0.391. The molecule has 150 valence electrons. The van der Waals surface area contributed by atoms with Crippen molar-refractivity contribution in [3.63, 3.8) is 0 Å². The molecule has 1 aliphatic carbocycles. The summed E-state index contributed by atoms with van der Waals surface area (Å²) in [6.45, 7) is 2.51. The van der Waals surface area contributed by atoms with Gasteiger partial charge in [-0.05, 0) is 54.3 Å². The van der Waals surface area contributed by atoms with Crippen molar-refractivity contribution in [1.82, 2.24) is 30.4 Å². The lowest BCUT2D eigenvalue weighted by molar-refractivity contribution is 0.0906. The molecule has 2 aliphatic rings. The highest BCUT2D eigenvalue weighted by atomic mass is 19.1. The van der Waals surface area contributed by atoms with Gasteiger partial charge in [0.2, 0.25) is 0 Å². The summed E-state index contributed by atoms with van der Waals surface area (Å²) in [6, 6.07) is 6.36. The lowest BCUT2D eigenvalue weighted by Crippen LogP contribution is -2.44. The average Bonchev–Trinajstić information content (AvgIpc) is 3.18. The largest absolute Gasteiger partial charge is 0.349 e. The first-order chi connectivity index (χ1) is 13.7. The topological polar surface area (TPSA) is 75.9 Å². The predicted octanol–water partition coefficient (Wildman–Crippen LogP) is 2.71. The number of piperidine rings is 1. The molecule has 0 bridgehead atoms. The minimum Gasteiger partial charge on any atom is -0.349 e. The highest BCUT2D eigenvalue weighted by molar-refractivity contribution is 5.94. The molecule has 1 saturated heterocycles. The number of halogens is 1. The molecule has 0 unspecified atom stereocenters. The Balaban J connectivity index is 1.28. The molecule has 2 fully saturated rings. The van der Waals surface area contributed by atoms with Gasteiger partial charge in [0, 0.05) is 24.7 Å². The van der Waals surface area contributed by atoms with Gasteiger partial charge in [-0.1, -0.05) is 25.3 Å². The van der Waals surface area contributed by atoms with Gasteiger partial charge in [0.05, 0.1) is 12.6 Å². The Hall–Kier alpha value is -2.35. The van der Waals surface area contributed by atoms with Crippen molar-refractivity contribution in [2.75, 3.05) is 13.1 Å². The van der Waals surface area contributed by atoms with Crippen molar-refractivity contribution < 1.29 is 9.18 Å². The van der Waals surface area contributed by atoms with E-state index in [0.29, 0.717) is 11.6 Å². The molecule has 0 radical (unpaired) electrons. The number of hydrogen-bond acceptors (Lipinski definition) is 5. The number of amides is 1. The van der Waals surface area contributed by atoms with Gasteiger partial charge in [-0.25, -0.2) is 9.07 Å². The molecule has 1 aromatic heterocycles. The van der Waals surface area contributed by atoms with Gasteiger partial charge in [0.15, 0.2) is 5.82 Å². The van der Waals surface area contributed by atoms with Crippen molar-refractivity contribution in [2.45, 2.75) is 63.6 Å². The molecule has 2 heterocycles. The normalized spacial score (nSPS) is 19.6. The number of hydrogen-bond donors (Lipinski definition) is 1. The monoisotopic (exact) mass is 386 g/mol. The maximum Gasteiger partial charge on any atom is 0.251 e. The molecular formula is C20H27FN6O. The minimum absolute atomic E-state index is 0.112. The van der Waals surface area contributed by atoms with E-state index in [0.717, 1.165) is 51.1 Å². The van der Waals surface area contributed by atoms with Gasteiger partial charge in [-0.2, -0.15) is 0 Å². The summed E-state index contributed by atoms with van der Waals surface area (Å²) in [5.41, 5.74) is 0.370. The third kappa shape index (κ3) is 4.55. The number of carbonyl (C=O) groups excluding carboxylic acids is 1. The summed E-state index contributed by atoms with van der Waals surface area (Å²) in [4.78, 5) is 14.6. The zero-order valence-corrected chi connectivity index (χ0v) is 16.1. The summed E-state index contributed by atoms with van der Waals surface area (Å²) < 4.78 is 15.3. The number of rotatable bonds is 5. The number of likely N-dealkylation sites (tertiary alicyclic amines) is 1. The predicted molar refractivity (Wildman–Crippen MR) is 102 cm³/mol. The van der Waals surface area contributed by atoms with Crippen LogP contribution >= 0.6 is 0 Å². The quantitative estimate of drug-likeness (QED) is 0.855. The Morgan fingerprint density at radius 3 is 2.68 bits per heavy atom. The van der Waals surface area contributed by atoms with Crippen LogP contribution in [0.15, 0.2) is 24.3 Å². The van der Waals surface area contributed by atoms with E-state index in [4.69, 9.17) is 0 Å². The van der Waals surface area contributed by atoms with E-state index < -0.39 is 5.82 Å². The average molecular weight is 386 g/mol. The number of aromatic nitrogens is 4. The van der Waals surface area contributed by atoms with E-state index in [1.54, 1.807) is 12.1 Å². The van der Waals surface area contributed by atoms with E-state index in [1.165, 1.54) is 31.4 Å². The Labute approximate surface area is 164 Å². The van der Waals surface area contributed by atoms with Gasteiger partial charge < -0.3 is 5.32 Å². The molecule has 7 nitrogen and oxygen atoms in total. The van der Waals surface area contributed by atoms with E-state index in [2.05, 4.69) is 25.7 Å². The molecule has 0 spiro atoms. The number of nitrogens with one attached hydrogen (secondary N) is 1. The van der Waals surface area contributed by atoms with Crippen LogP contribution in [-0.2, 0) is 6.54 Å². The SMILES string of the molecule is O=C(NC1CCN(Cc2nnnn2C2CCCCC2)CC1)c1cccc(F)c1. The molecule has 4 rings (SSSR count). The van der Waals surface area contributed by atoms with Gasteiger partial charge in [-0.15, -0.1) is 5.10 Å². The highest BCUT2D eigenvalue weighted by Gasteiger charge is 2.25. The third-order valence-electron chi connectivity index (χ3n) is 5.86. The number of nitrogens with zero attached hydrogens (tertiary/aromatic N) is 5.